The highest BCUT2D eigenvalue weighted by molar-refractivity contribution is 5.93. The highest BCUT2D eigenvalue weighted by atomic mass is 16.5. The average Bonchev–Trinajstić information content (AvgIpc) is 2.64. The van der Waals surface area contributed by atoms with Crippen LogP contribution in [-0.2, 0) is 13.5 Å². The van der Waals surface area contributed by atoms with Crippen LogP contribution in [0.25, 0.3) is 11.1 Å². The van der Waals surface area contributed by atoms with E-state index < -0.39 is 11.6 Å². The van der Waals surface area contributed by atoms with E-state index in [4.69, 9.17) is 9.63 Å². The molecule has 94 valence electrons. The summed E-state index contributed by atoms with van der Waals surface area (Å²) in [6.45, 7) is 2.02. The summed E-state index contributed by atoms with van der Waals surface area (Å²) in [5, 5.41) is 9.10. The lowest BCUT2D eigenvalue weighted by molar-refractivity contribution is 0.0673. The zero-order valence-corrected chi connectivity index (χ0v) is 10.1. The van der Waals surface area contributed by atoms with Crippen LogP contribution in [-0.4, -0.2) is 15.8 Å². The Balaban J connectivity index is 2.62. The topological polar surface area (TPSA) is 72.4 Å². The minimum absolute atomic E-state index is 0.0904. The standard InChI is InChI=1S/C13H13NO4/c1-3-8-4-6-9(7-5-8)10-11(12(15)16)14(2)18-13(10)17/h4-7H,3H2,1-2H3,(H,15,16). The van der Waals surface area contributed by atoms with Crippen molar-refractivity contribution in [3.05, 3.63) is 45.9 Å². The molecule has 0 saturated carbocycles. The third-order valence-electron chi connectivity index (χ3n) is 2.83. The first-order chi connectivity index (χ1) is 8.54. The Morgan fingerprint density at radius 1 is 1.33 bits per heavy atom. The Morgan fingerprint density at radius 2 is 1.94 bits per heavy atom. The highest BCUT2D eigenvalue weighted by Crippen LogP contribution is 2.21. The van der Waals surface area contributed by atoms with Crippen LogP contribution in [0, 0.1) is 0 Å². The summed E-state index contributed by atoms with van der Waals surface area (Å²) in [6, 6.07) is 7.20. The molecule has 1 aromatic carbocycles. The third-order valence-corrected chi connectivity index (χ3v) is 2.83. The molecule has 0 radical (unpaired) electrons. The first kappa shape index (κ1) is 12.2. The molecule has 0 aliphatic heterocycles. The Kier molecular flexibility index (Phi) is 3.06. The Hall–Kier alpha value is -2.30. The van der Waals surface area contributed by atoms with Gasteiger partial charge in [0.25, 0.3) is 0 Å². The summed E-state index contributed by atoms with van der Waals surface area (Å²) in [5.74, 6) is -1.18. The predicted molar refractivity (Wildman–Crippen MR) is 65.7 cm³/mol. The molecule has 0 saturated heterocycles. The van der Waals surface area contributed by atoms with Crippen LogP contribution in [0.4, 0.5) is 0 Å². The number of aryl methyl sites for hydroxylation is 2. The monoisotopic (exact) mass is 247 g/mol. The van der Waals surface area contributed by atoms with Crippen molar-refractivity contribution in [3.63, 3.8) is 0 Å². The van der Waals surface area contributed by atoms with Gasteiger partial charge in [0, 0.05) is 7.05 Å². The molecule has 0 amide bonds. The van der Waals surface area contributed by atoms with Crippen LogP contribution >= 0.6 is 0 Å². The maximum absolute atomic E-state index is 11.7. The third kappa shape index (κ3) is 1.95. The zero-order chi connectivity index (χ0) is 13.3. The SMILES string of the molecule is CCc1ccc(-c2c(C(=O)O)n(C)oc2=O)cc1. The van der Waals surface area contributed by atoms with Gasteiger partial charge >= 0.3 is 11.6 Å². The van der Waals surface area contributed by atoms with E-state index in [1.807, 2.05) is 19.1 Å². The molecule has 2 rings (SSSR count). The van der Waals surface area contributed by atoms with E-state index in [2.05, 4.69) is 0 Å². The van der Waals surface area contributed by atoms with Crippen LogP contribution in [0.1, 0.15) is 23.0 Å². The number of rotatable bonds is 3. The van der Waals surface area contributed by atoms with E-state index in [0.717, 1.165) is 16.7 Å². The summed E-state index contributed by atoms with van der Waals surface area (Å²) in [4.78, 5) is 22.8. The summed E-state index contributed by atoms with van der Waals surface area (Å²) in [7, 11) is 1.40. The van der Waals surface area contributed by atoms with E-state index in [-0.39, 0.29) is 11.3 Å². The van der Waals surface area contributed by atoms with E-state index in [9.17, 15) is 9.59 Å². The van der Waals surface area contributed by atoms with Crippen LogP contribution in [0.5, 0.6) is 0 Å². The first-order valence-electron chi connectivity index (χ1n) is 5.57. The average molecular weight is 247 g/mol. The molecule has 1 aromatic heterocycles. The maximum Gasteiger partial charge on any atom is 0.366 e. The van der Waals surface area contributed by atoms with Gasteiger partial charge in [-0.15, -0.1) is 0 Å². The van der Waals surface area contributed by atoms with Gasteiger partial charge < -0.3 is 9.63 Å². The first-order valence-corrected chi connectivity index (χ1v) is 5.57. The van der Waals surface area contributed by atoms with Gasteiger partial charge in [-0.3, -0.25) is 0 Å². The smallest absolute Gasteiger partial charge is 0.366 e. The molecule has 18 heavy (non-hydrogen) atoms. The number of hydrogen-bond donors (Lipinski definition) is 1. The fraction of sp³-hybridized carbons (Fsp3) is 0.231. The number of carboxylic acid groups (broad SMARTS) is 1. The van der Waals surface area contributed by atoms with Gasteiger partial charge in [0.05, 0.1) is 0 Å². The molecular weight excluding hydrogens is 234 g/mol. The van der Waals surface area contributed by atoms with E-state index in [1.165, 1.54) is 7.05 Å². The molecule has 0 unspecified atom stereocenters. The second-order valence-electron chi connectivity index (χ2n) is 3.96. The molecular formula is C13H13NO4. The van der Waals surface area contributed by atoms with Crippen LogP contribution in [0.3, 0.4) is 0 Å². The van der Waals surface area contributed by atoms with Gasteiger partial charge in [0.1, 0.15) is 5.56 Å². The van der Waals surface area contributed by atoms with E-state index in [1.54, 1.807) is 12.1 Å². The fourth-order valence-corrected chi connectivity index (χ4v) is 1.87. The van der Waals surface area contributed by atoms with Gasteiger partial charge in [-0.2, -0.15) is 0 Å². The van der Waals surface area contributed by atoms with Crippen molar-refractivity contribution in [2.75, 3.05) is 0 Å². The molecule has 5 heteroatoms. The zero-order valence-electron chi connectivity index (χ0n) is 10.1. The molecule has 1 N–H and O–H groups in total. The minimum atomic E-state index is -1.18. The molecule has 0 aliphatic carbocycles. The number of hydrogen-bond acceptors (Lipinski definition) is 3. The van der Waals surface area contributed by atoms with E-state index in [0.29, 0.717) is 5.56 Å². The van der Waals surface area contributed by atoms with Gasteiger partial charge in [0.2, 0.25) is 0 Å². The molecule has 0 fully saturated rings. The Morgan fingerprint density at radius 3 is 2.44 bits per heavy atom. The Bertz CT molecular complexity index is 634. The second-order valence-corrected chi connectivity index (χ2v) is 3.96. The molecule has 1 heterocycles. The van der Waals surface area contributed by atoms with Crippen molar-refractivity contribution >= 4 is 5.97 Å². The van der Waals surface area contributed by atoms with Crippen molar-refractivity contribution < 1.29 is 14.4 Å². The largest absolute Gasteiger partial charge is 0.476 e. The van der Waals surface area contributed by atoms with Crippen molar-refractivity contribution in [1.82, 2.24) is 4.74 Å². The lowest BCUT2D eigenvalue weighted by Gasteiger charge is -2.01. The quantitative estimate of drug-likeness (QED) is 0.899. The summed E-state index contributed by atoms with van der Waals surface area (Å²) >= 11 is 0. The van der Waals surface area contributed by atoms with Crippen LogP contribution in [0.2, 0.25) is 0 Å². The van der Waals surface area contributed by atoms with Crippen LogP contribution in [0.15, 0.2) is 33.6 Å². The van der Waals surface area contributed by atoms with Gasteiger partial charge in [-0.05, 0) is 17.5 Å². The number of carboxylic acids is 1. The molecule has 0 spiro atoms. The molecule has 5 nitrogen and oxygen atoms in total. The number of aromatic nitrogens is 1. The lowest BCUT2D eigenvalue weighted by Crippen LogP contribution is -2.06. The van der Waals surface area contributed by atoms with Crippen molar-refractivity contribution in [1.29, 1.82) is 0 Å². The number of nitrogens with zero attached hydrogens (tertiary/aromatic N) is 1. The summed E-state index contributed by atoms with van der Waals surface area (Å²) < 4.78 is 5.78. The molecule has 0 bridgehead atoms. The van der Waals surface area contributed by atoms with Gasteiger partial charge in [0.15, 0.2) is 5.69 Å². The second kappa shape index (κ2) is 4.52. The predicted octanol–water partition coefficient (Wildman–Crippen LogP) is 1.91. The van der Waals surface area contributed by atoms with Gasteiger partial charge in [-0.25, -0.2) is 14.3 Å². The minimum Gasteiger partial charge on any atom is -0.476 e. The van der Waals surface area contributed by atoms with Crippen LogP contribution < -0.4 is 5.63 Å². The van der Waals surface area contributed by atoms with E-state index >= 15 is 0 Å². The highest BCUT2D eigenvalue weighted by Gasteiger charge is 2.22. The summed E-state index contributed by atoms with van der Waals surface area (Å²) in [5.41, 5.74) is 0.992. The molecule has 2 aromatic rings. The molecule has 0 atom stereocenters. The normalized spacial score (nSPS) is 10.6. The summed E-state index contributed by atoms with van der Waals surface area (Å²) in [6.07, 6.45) is 0.884. The number of carbonyl (C=O) groups is 1. The number of aromatic carboxylic acids is 1. The number of benzene rings is 1. The Labute approximate surface area is 103 Å². The van der Waals surface area contributed by atoms with Crippen molar-refractivity contribution in [3.8, 4) is 11.1 Å². The lowest BCUT2D eigenvalue weighted by atomic mass is 10.0. The maximum atomic E-state index is 11.7. The molecule has 0 aliphatic rings. The van der Waals surface area contributed by atoms with Crippen molar-refractivity contribution in [2.45, 2.75) is 13.3 Å². The van der Waals surface area contributed by atoms with Crippen molar-refractivity contribution in [2.24, 2.45) is 7.05 Å². The fourth-order valence-electron chi connectivity index (χ4n) is 1.87. The van der Waals surface area contributed by atoms with Gasteiger partial charge in [-0.1, -0.05) is 31.2 Å².